The molecule has 0 aliphatic heterocycles. The number of aromatic nitrogens is 2. The molecule has 84 valence electrons. The molecule has 0 aliphatic rings. The maximum absolute atomic E-state index is 5.69. The van der Waals surface area contributed by atoms with Crippen molar-refractivity contribution < 1.29 is 0 Å². The zero-order valence-corrected chi connectivity index (χ0v) is 10.1. The van der Waals surface area contributed by atoms with E-state index in [1.807, 2.05) is 24.3 Å². The smallest absolute Gasteiger partial charge is 0.207 e. The van der Waals surface area contributed by atoms with Crippen LogP contribution in [0, 0.1) is 0 Å². The van der Waals surface area contributed by atoms with Crippen molar-refractivity contribution in [3.63, 3.8) is 0 Å². The van der Waals surface area contributed by atoms with Gasteiger partial charge in [0.25, 0.3) is 0 Å². The number of benzene rings is 1. The van der Waals surface area contributed by atoms with Gasteiger partial charge >= 0.3 is 0 Å². The van der Waals surface area contributed by atoms with Gasteiger partial charge in [0.2, 0.25) is 5.13 Å². The van der Waals surface area contributed by atoms with Crippen LogP contribution in [0.4, 0.5) is 16.5 Å². The van der Waals surface area contributed by atoms with Crippen molar-refractivity contribution in [3.8, 4) is 0 Å². The van der Waals surface area contributed by atoms with E-state index in [0.717, 1.165) is 22.3 Å². The highest BCUT2D eigenvalue weighted by molar-refractivity contribution is 7.09. The van der Waals surface area contributed by atoms with Gasteiger partial charge in [0.1, 0.15) is 5.82 Å². The Morgan fingerprint density at radius 1 is 1.38 bits per heavy atom. The zero-order valence-electron chi connectivity index (χ0n) is 9.27. The molecule has 2 aromatic rings. The van der Waals surface area contributed by atoms with E-state index in [1.54, 1.807) is 0 Å². The Morgan fingerprint density at radius 2 is 2.19 bits per heavy atom. The van der Waals surface area contributed by atoms with E-state index in [4.69, 9.17) is 5.73 Å². The van der Waals surface area contributed by atoms with Crippen LogP contribution in [0.25, 0.3) is 0 Å². The Hall–Kier alpha value is -1.62. The average molecular weight is 234 g/mol. The number of rotatable bonds is 3. The summed E-state index contributed by atoms with van der Waals surface area (Å²) < 4.78 is 4.27. The largest absolute Gasteiger partial charge is 0.399 e. The summed E-state index contributed by atoms with van der Waals surface area (Å²) in [7, 11) is 0. The molecule has 0 radical (unpaired) electrons. The van der Waals surface area contributed by atoms with Crippen LogP contribution in [0.1, 0.15) is 25.6 Å². The second-order valence-corrected chi connectivity index (χ2v) is 4.61. The minimum Gasteiger partial charge on any atom is -0.399 e. The summed E-state index contributed by atoms with van der Waals surface area (Å²) >= 11 is 1.37. The van der Waals surface area contributed by atoms with Gasteiger partial charge in [-0.15, -0.1) is 0 Å². The fourth-order valence-corrected chi connectivity index (χ4v) is 1.99. The van der Waals surface area contributed by atoms with Crippen molar-refractivity contribution in [1.29, 1.82) is 0 Å². The molecule has 2 rings (SSSR count). The summed E-state index contributed by atoms with van der Waals surface area (Å²) in [6.07, 6.45) is 0. The minimum atomic E-state index is 0.354. The third-order valence-electron chi connectivity index (χ3n) is 2.10. The predicted octanol–water partition coefficient (Wildman–Crippen LogP) is 2.99. The first kappa shape index (κ1) is 10.9. The molecular formula is C11H14N4S. The van der Waals surface area contributed by atoms with Crippen LogP contribution < -0.4 is 11.1 Å². The number of anilines is 3. The lowest BCUT2D eigenvalue weighted by atomic mass is 10.2. The highest BCUT2D eigenvalue weighted by Gasteiger charge is 2.07. The molecule has 0 saturated heterocycles. The fourth-order valence-electron chi connectivity index (χ4n) is 1.26. The summed E-state index contributed by atoms with van der Waals surface area (Å²) in [4.78, 5) is 4.39. The van der Waals surface area contributed by atoms with E-state index in [-0.39, 0.29) is 0 Å². The molecule has 5 heteroatoms. The second-order valence-electron chi connectivity index (χ2n) is 3.86. The van der Waals surface area contributed by atoms with Crippen molar-refractivity contribution in [2.45, 2.75) is 19.8 Å². The van der Waals surface area contributed by atoms with Gasteiger partial charge in [0.15, 0.2) is 0 Å². The summed E-state index contributed by atoms with van der Waals surface area (Å²) in [5.41, 5.74) is 7.36. The molecule has 16 heavy (non-hydrogen) atoms. The Labute approximate surface area is 98.7 Å². The molecule has 0 bridgehead atoms. The fraction of sp³-hybridized carbons (Fsp3) is 0.273. The van der Waals surface area contributed by atoms with E-state index in [9.17, 15) is 0 Å². The van der Waals surface area contributed by atoms with Crippen LogP contribution in [0.5, 0.6) is 0 Å². The monoisotopic (exact) mass is 234 g/mol. The first-order valence-electron chi connectivity index (χ1n) is 5.11. The first-order chi connectivity index (χ1) is 7.65. The van der Waals surface area contributed by atoms with E-state index >= 15 is 0 Å². The summed E-state index contributed by atoms with van der Waals surface area (Å²) in [5.74, 6) is 1.23. The number of nitrogens with two attached hydrogens (primary N) is 1. The highest BCUT2D eigenvalue weighted by atomic mass is 32.1. The lowest BCUT2D eigenvalue weighted by Gasteiger charge is -2.02. The molecule has 1 heterocycles. The Kier molecular flexibility index (Phi) is 3.05. The number of nitrogen functional groups attached to an aromatic ring is 1. The lowest BCUT2D eigenvalue weighted by Crippen LogP contribution is -1.93. The summed E-state index contributed by atoms with van der Waals surface area (Å²) in [5, 5.41) is 3.99. The van der Waals surface area contributed by atoms with Crippen LogP contribution >= 0.6 is 11.5 Å². The van der Waals surface area contributed by atoms with Crippen LogP contribution in [-0.4, -0.2) is 9.36 Å². The number of hydrogen-bond donors (Lipinski definition) is 2. The molecular weight excluding hydrogens is 220 g/mol. The van der Waals surface area contributed by atoms with Crippen molar-refractivity contribution >= 4 is 28.0 Å². The molecule has 0 spiro atoms. The van der Waals surface area contributed by atoms with Crippen molar-refractivity contribution in [1.82, 2.24) is 9.36 Å². The van der Waals surface area contributed by atoms with Crippen molar-refractivity contribution in [2.24, 2.45) is 0 Å². The molecule has 4 nitrogen and oxygen atoms in total. The molecule has 1 aromatic carbocycles. The standard InChI is InChI=1S/C11H14N4S/c1-7(2)10-14-11(16-15-10)13-9-5-3-4-8(12)6-9/h3-7H,12H2,1-2H3,(H,13,14,15). The maximum atomic E-state index is 5.69. The van der Waals surface area contributed by atoms with Gasteiger partial charge in [-0.2, -0.15) is 4.37 Å². The number of hydrogen-bond acceptors (Lipinski definition) is 5. The van der Waals surface area contributed by atoms with Crippen LogP contribution in [-0.2, 0) is 0 Å². The van der Waals surface area contributed by atoms with Crippen molar-refractivity contribution in [2.75, 3.05) is 11.1 Å². The minimum absolute atomic E-state index is 0.354. The zero-order chi connectivity index (χ0) is 11.5. The van der Waals surface area contributed by atoms with Gasteiger partial charge in [0, 0.05) is 28.8 Å². The van der Waals surface area contributed by atoms with Gasteiger partial charge in [-0.1, -0.05) is 19.9 Å². The molecule has 1 aromatic heterocycles. The van der Waals surface area contributed by atoms with Gasteiger partial charge < -0.3 is 11.1 Å². The molecule has 0 saturated carbocycles. The highest BCUT2D eigenvalue weighted by Crippen LogP contribution is 2.22. The molecule has 3 N–H and O–H groups in total. The van der Waals surface area contributed by atoms with Gasteiger partial charge in [-0.25, -0.2) is 4.98 Å². The van der Waals surface area contributed by atoms with Gasteiger partial charge in [-0.3, -0.25) is 0 Å². The second kappa shape index (κ2) is 4.49. The summed E-state index contributed by atoms with van der Waals surface area (Å²) in [6.45, 7) is 4.15. The molecule has 0 aliphatic carbocycles. The first-order valence-corrected chi connectivity index (χ1v) is 5.88. The average Bonchev–Trinajstić information content (AvgIpc) is 2.66. The molecule has 0 fully saturated rings. The van der Waals surface area contributed by atoms with Crippen molar-refractivity contribution in [3.05, 3.63) is 30.1 Å². The van der Waals surface area contributed by atoms with E-state index in [0.29, 0.717) is 5.92 Å². The SMILES string of the molecule is CC(C)c1nsc(Nc2cccc(N)c2)n1. The topological polar surface area (TPSA) is 63.8 Å². The molecule has 0 atom stereocenters. The van der Waals surface area contributed by atoms with Crippen LogP contribution in [0.2, 0.25) is 0 Å². The molecule has 0 amide bonds. The van der Waals surface area contributed by atoms with Crippen LogP contribution in [0.15, 0.2) is 24.3 Å². The summed E-state index contributed by atoms with van der Waals surface area (Å²) in [6, 6.07) is 7.58. The normalized spacial score (nSPS) is 10.7. The van der Waals surface area contributed by atoms with Gasteiger partial charge in [-0.05, 0) is 18.2 Å². The lowest BCUT2D eigenvalue weighted by molar-refractivity contribution is 0.800. The Bertz CT molecular complexity index is 478. The van der Waals surface area contributed by atoms with E-state index < -0.39 is 0 Å². The van der Waals surface area contributed by atoms with Gasteiger partial charge in [0.05, 0.1) is 0 Å². The quantitative estimate of drug-likeness (QED) is 0.801. The van der Waals surface area contributed by atoms with E-state index in [2.05, 4.69) is 28.5 Å². The van der Waals surface area contributed by atoms with E-state index in [1.165, 1.54) is 11.5 Å². The van der Waals surface area contributed by atoms with Crippen LogP contribution in [0.3, 0.4) is 0 Å². The molecule has 0 unspecified atom stereocenters. The Morgan fingerprint density at radius 3 is 2.81 bits per heavy atom. The third-order valence-corrected chi connectivity index (χ3v) is 2.74. The maximum Gasteiger partial charge on any atom is 0.207 e. The number of nitrogens with zero attached hydrogens (tertiary/aromatic N) is 2. The predicted molar refractivity (Wildman–Crippen MR) is 68.1 cm³/mol. The third kappa shape index (κ3) is 2.49. The number of nitrogens with one attached hydrogen (secondary N) is 1. The Balaban J connectivity index is 2.14.